The molecule has 1 atom stereocenters. The molecule has 1 amide bonds. The van der Waals surface area contributed by atoms with Crippen LogP contribution in [0.3, 0.4) is 0 Å². The van der Waals surface area contributed by atoms with Gasteiger partial charge < -0.3 is 10.1 Å². The van der Waals surface area contributed by atoms with Gasteiger partial charge in [0.05, 0.1) is 0 Å². The lowest BCUT2D eigenvalue weighted by Gasteiger charge is -2.25. The molecule has 5 nitrogen and oxygen atoms in total. The van der Waals surface area contributed by atoms with Gasteiger partial charge >= 0.3 is 0 Å². The first kappa shape index (κ1) is 16.4. The number of para-hydroxylation sites is 1. The van der Waals surface area contributed by atoms with Crippen LogP contribution in [-0.4, -0.2) is 32.7 Å². The summed E-state index contributed by atoms with van der Waals surface area (Å²) in [6, 6.07) is 12.2. The fraction of sp³-hybridized carbons (Fsp3) is 0.235. The van der Waals surface area contributed by atoms with Crippen LogP contribution in [-0.2, 0) is 21.1 Å². The minimum atomic E-state index is -3.55. The second-order valence-corrected chi connectivity index (χ2v) is 7.50. The molecule has 0 aromatic heterocycles. The van der Waals surface area contributed by atoms with Crippen molar-refractivity contribution in [2.45, 2.75) is 17.4 Å². The molecular formula is C17H16FNO4S. The predicted octanol–water partition coefficient (Wildman–Crippen LogP) is 1.72. The summed E-state index contributed by atoms with van der Waals surface area (Å²) in [7, 11) is -3.55. The molecular weight excluding hydrogens is 333 g/mol. The van der Waals surface area contributed by atoms with E-state index in [0.717, 1.165) is 5.56 Å². The summed E-state index contributed by atoms with van der Waals surface area (Å²) in [5, 5.41) is 2.66. The second-order valence-electron chi connectivity index (χ2n) is 5.50. The lowest BCUT2D eigenvalue weighted by Crippen LogP contribution is -2.45. The van der Waals surface area contributed by atoms with E-state index in [1.807, 2.05) is 0 Å². The first-order valence-electron chi connectivity index (χ1n) is 7.46. The summed E-state index contributed by atoms with van der Waals surface area (Å²) in [6.45, 7) is 0.312. The van der Waals surface area contributed by atoms with Gasteiger partial charge in [0.15, 0.2) is 15.9 Å². The second kappa shape index (κ2) is 6.60. The number of amides is 1. The Morgan fingerprint density at radius 1 is 1.17 bits per heavy atom. The van der Waals surface area contributed by atoms with E-state index < -0.39 is 21.8 Å². The lowest BCUT2D eigenvalue weighted by molar-refractivity contribution is -0.127. The van der Waals surface area contributed by atoms with Crippen LogP contribution in [0.25, 0.3) is 0 Å². The number of nitrogens with one attached hydrogen (secondary N) is 1. The number of rotatable bonds is 4. The van der Waals surface area contributed by atoms with Crippen LogP contribution in [0.5, 0.6) is 5.75 Å². The van der Waals surface area contributed by atoms with Gasteiger partial charge in [0, 0.05) is 6.54 Å². The maximum Gasteiger partial charge on any atom is 0.262 e. The Hall–Kier alpha value is -2.41. The Bertz CT molecular complexity index is 849. The third-order valence-corrected chi connectivity index (χ3v) is 5.49. The third-order valence-electron chi connectivity index (χ3n) is 3.74. The molecule has 2 aromatic carbocycles. The molecule has 0 radical (unpaired) electrons. The highest BCUT2D eigenvalue weighted by Gasteiger charge is 2.35. The third kappa shape index (κ3) is 3.56. The van der Waals surface area contributed by atoms with E-state index in [4.69, 9.17) is 4.74 Å². The van der Waals surface area contributed by atoms with Gasteiger partial charge in [-0.15, -0.1) is 0 Å². The average Bonchev–Trinajstić information content (AvgIpc) is 2.56. The zero-order valence-electron chi connectivity index (χ0n) is 12.7. The lowest BCUT2D eigenvalue weighted by atomic mass is 10.1. The van der Waals surface area contributed by atoms with Crippen molar-refractivity contribution in [3.05, 3.63) is 59.9 Å². The molecule has 2 aromatic rings. The predicted molar refractivity (Wildman–Crippen MR) is 86.0 cm³/mol. The highest BCUT2D eigenvalue weighted by atomic mass is 32.2. The summed E-state index contributed by atoms with van der Waals surface area (Å²) in [5.74, 6) is -0.980. The molecule has 126 valence electrons. The molecule has 0 unspecified atom stereocenters. The van der Waals surface area contributed by atoms with Crippen molar-refractivity contribution >= 4 is 15.7 Å². The van der Waals surface area contributed by atoms with Crippen molar-refractivity contribution < 1.29 is 22.3 Å². The van der Waals surface area contributed by atoms with Gasteiger partial charge in [-0.1, -0.05) is 24.3 Å². The van der Waals surface area contributed by atoms with Crippen molar-refractivity contribution in [3.8, 4) is 5.75 Å². The van der Waals surface area contributed by atoms with Gasteiger partial charge in [0.1, 0.15) is 22.2 Å². The zero-order valence-corrected chi connectivity index (χ0v) is 13.6. The smallest absolute Gasteiger partial charge is 0.262 e. The molecule has 0 saturated carbocycles. The van der Waals surface area contributed by atoms with Crippen LogP contribution >= 0.6 is 0 Å². The molecule has 1 N–H and O–H groups in total. The van der Waals surface area contributed by atoms with Crippen molar-refractivity contribution in [3.63, 3.8) is 0 Å². The summed E-state index contributed by atoms with van der Waals surface area (Å²) in [6.07, 6.45) is -0.555. The van der Waals surface area contributed by atoms with Crippen LogP contribution < -0.4 is 10.1 Å². The van der Waals surface area contributed by atoms with Gasteiger partial charge in [-0.05, 0) is 36.2 Å². The van der Waals surface area contributed by atoms with Crippen molar-refractivity contribution in [2.75, 3.05) is 12.3 Å². The summed E-state index contributed by atoms with van der Waals surface area (Å²) in [5.41, 5.74) is 0.874. The summed E-state index contributed by atoms with van der Waals surface area (Å²) < 4.78 is 42.8. The molecule has 24 heavy (non-hydrogen) atoms. The fourth-order valence-electron chi connectivity index (χ4n) is 2.50. The first-order chi connectivity index (χ1) is 11.5. The Morgan fingerprint density at radius 3 is 2.62 bits per heavy atom. The largest absolute Gasteiger partial charge is 0.478 e. The number of sulfone groups is 1. The minimum Gasteiger partial charge on any atom is -0.478 e. The Labute approximate surface area is 139 Å². The highest BCUT2D eigenvalue weighted by molar-refractivity contribution is 7.91. The van der Waals surface area contributed by atoms with Crippen molar-refractivity contribution in [2.24, 2.45) is 0 Å². The quantitative estimate of drug-likeness (QED) is 0.912. The molecule has 7 heteroatoms. The molecule has 1 aliphatic rings. The van der Waals surface area contributed by atoms with Gasteiger partial charge in [0.2, 0.25) is 0 Å². The minimum absolute atomic E-state index is 0.111. The molecule has 0 bridgehead atoms. The van der Waals surface area contributed by atoms with Gasteiger partial charge in [-0.3, -0.25) is 4.79 Å². The fourth-order valence-corrected chi connectivity index (χ4v) is 4.01. The molecule has 0 spiro atoms. The SMILES string of the molecule is O=C(NCCc1ccc(F)cc1)[C@H]1CS(=O)(=O)c2ccccc2O1. The Kier molecular flexibility index (Phi) is 4.53. The van der Waals surface area contributed by atoms with Crippen LogP contribution in [0.2, 0.25) is 0 Å². The summed E-state index contributed by atoms with van der Waals surface area (Å²) >= 11 is 0. The van der Waals surface area contributed by atoms with E-state index in [0.29, 0.717) is 13.0 Å². The Morgan fingerprint density at radius 2 is 1.88 bits per heavy atom. The van der Waals surface area contributed by atoms with Crippen LogP contribution in [0, 0.1) is 5.82 Å². The van der Waals surface area contributed by atoms with E-state index in [1.54, 1.807) is 24.3 Å². The molecule has 1 heterocycles. The average molecular weight is 349 g/mol. The summed E-state index contributed by atoms with van der Waals surface area (Å²) in [4.78, 5) is 12.3. The zero-order chi connectivity index (χ0) is 17.2. The maximum atomic E-state index is 12.8. The van der Waals surface area contributed by atoms with E-state index in [-0.39, 0.29) is 22.2 Å². The number of hydrogen-bond acceptors (Lipinski definition) is 4. The molecule has 0 saturated heterocycles. The van der Waals surface area contributed by atoms with E-state index >= 15 is 0 Å². The molecule has 0 aliphatic carbocycles. The van der Waals surface area contributed by atoms with E-state index in [9.17, 15) is 17.6 Å². The van der Waals surface area contributed by atoms with Crippen LogP contribution in [0.4, 0.5) is 4.39 Å². The number of halogens is 1. The van der Waals surface area contributed by atoms with Gasteiger partial charge in [-0.2, -0.15) is 0 Å². The normalized spacial score (nSPS) is 18.3. The monoisotopic (exact) mass is 349 g/mol. The topological polar surface area (TPSA) is 72.5 Å². The van der Waals surface area contributed by atoms with Gasteiger partial charge in [0.25, 0.3) is 5.91 Å². The molecule has 0 fully saturated rings. The van der Waals surface area contributed by atoms with E-state index in [2.05, 4.69) is 5.32 Å². The van der Waals surface area contributed by atoms with E-state index in [1.165, 1.54) is 24.3 Å². The van der Waals surface area contributed by atoms with Crippen LogP contribution in [0.15, 0.2) is 53.4 Å². The van der Waals surface area contributed by atoms with Gasteiger partial charge in [-0.25, -0.2) is 12.8 Å². The number of fused-ring (bicyclic) bond motifs is 1. The molecule has 1 aliphatic heterocycles. The highest BCUT2D eigenvalue weighted by Crippen LogP contribution is 2.30. The molecule has 3 rings (SSSR count). The van der Waals surface area contributed by atoms with Crippen LogP contribution in [0.1, 0.15) is 5.56 Å². The van der Waals surface area contributed by atoms with Crippen molar-refractivity contribution in [1.82, 2.24) is 5.32 Å². The standard InChI is InChI=1S/C17H16FNO4S/c18-13-7-5-12(6-8-13)9-10-19-17(20)15-11-24(21,22)16-4-2-1-3-14(16)23-15/h1-8,15H,9-11H2,(H,19,20)/t15-/m1/s1. The van der Waals surface area contributed by atoms with Crippen molar-refractivity contribution in [1.29, 1.82) is 0 Å². The number of ether oxygens (including phenoxy) is 1. The Balaban J connectivity index is 1.61. The number of carbonyl (C=O) groups excluding carboxylic acids is 1. The number of carbonyl (C=O) groups is 1. The number of hydrogen-bond donors (Lipinski definition) is 1. The maximum absolute atomic E-state index is 12.8. The number of benzene rings is 2. The first-order valence-corrected chi connectivity index (χ1v) is 9.11.